The van der Waals surface area contributed by atoms with Crippen molar-refractivity contribution in [2.24, 2.45) is 0 Å². The van der Waals surface area contributed by atoms with E-state index in [4.69, 9.17) is 4.74 Å². The van der Waals surface area contributed by atoms with Gasteiger partial charge in [0.2, 0.25) is 5.91 Å². The molecule has 1 saturated heterocycles. The monoisotopic (exact) mass is 443 g/mol. The molecule has 2 heterocycles. The molecule has 0 atom stereocenters. The number of carbonyl (C=O) groups is 1. The molecule has 7 nitrogen and oxygen atoms in total. The van der Waals surface area contributed by atoms with Crippen molar-refractivity contribution >= 4 is 27.3 Å². The number of carbonyl (C=O) groups excluding carboxylic acids is 1. The molecule has 31 heavy (non-hydrogen) atoms. The Kier molecular flexibility index (Phi) is 5.60. The average Bonchev–Trinajstić information content (AvgIpc) is 3.35. The lowest BCUT2D eigenvalue weighted by Crippen LogP contribution is -2.40. The van der Waals surface area contributed by atoms with Crippen LogP contribution in [0.1, 0.15) is 32.3 Å². The van der Waals surface area contributed by atoms with Crippen LogP contribution in [0.15, 0.2) is 47.4 Å². The van der Waals surface area contributed by atoms with Crippen molar-refractivity contribution in [3.63, 3.8) is 0 Å². The molecule has 0 aliphatic carbocycles. The minimum Gasteiger partial charge on any atom is -0.497 e. The van der Waals surface area contributed by atoms with Crippen LogP contribution in [0.25, 0.3) is 0 Å². The molecule has 2 aliphatic rings. The molecule has 2 aromatic carbocycles. The number of anilines is 2. The minimum atomic E-state index is -3.74. The van der Waals surface area contributed by atoms with Gasteiger partial charge in [-0.3, -0.25) is 9.52 Å². The molecule has 0 radical (unpaired) electrons. The zero-order chi connectivity index (χ0) is 22.2. The maximum atomic E-state index is 13.0. The van der Waals surface area contributed by atoms with Crippen LogP contribution in [0.5, 0.6) is 5.75 Å². The van der Waals surface area contributed by atoms with Crippen LogP contribution in [0.4, 0.5) is 11.4 Å². The van der Waals surface area contributed by atoms with Gasteiger partial charge in [-0.25, -0.2) is 8.42 Å². The Morgan fingerprint density at radius 3 is 2.42 bits per heavy atom. The van der Waals surface area contributed by atoms with E-state index in [1.165, 1.54) is 0 Å². The van der Waals surface area contributed by atoms with Gasteiger partial charge in [0.15, 0.2) is 0 Å². The van der Waals surface area contributed by atoms with Gasteiger partial charge in [0.05, 0.1) is 18.6 Å². The standard InChI is InChI=1S/C23H29N3O4S/c1-23(2)16-26(15-22(27)25-12-4-5-13-25)21-11-10-19(14-20(21)23)31(28,29)24-17-6-8-18(30-3)9-7-17/h6-11,14,24H,4-5,12-13,15-16H2,1-3H3. The average molecular weight is 444 g/mol. The number of likely N-dealkylation sites (tertiary alicyclic amines) is 1. The molecule has 0 bridgehead atoms. The van der Waals surface area contributed by atoms with Crippen molar-refractivity contribution in [1.29, 1.82) is 0 Å². The third-order valence-electron chi connectivity index (χ3n) is 6.06. The normalized spacial score (nSPS) is 17.5. The molecule has 4 rings (SSSR count). The number of hydrogen-bond acceptors (Lipinski definition) is 5. The first-order chi connectivity index (χ1) is 14.7. The smallest absolute Gasteiger partial charge is 0.261 e. The van der Waals surface area contributed by atoms with E-state index in [1.807, 2.05) is 11.0 Å². The lowest BCUT2D eigenvalue weighted by Gasteiger charge is -2.24. The summed E-state index contributed by atoms with van der Waals surface area (Å²) in [5, 5.41) is 0. The molecule has 166 valence electrons. The second kappa shape index (κ2) is 8.07. The fourth-order valence-electron chi connectivity index (χ4n) is 4.39. The zero-order valence-electron chi connectivity index (χ0n) is 18.2. The highest BCUT2D eigenvalue weighted by molar-refractivity contribution is 7.92. The van der Waals surface area contributed by atoms with E-state index >= 15 is 0 Å². The highest BCUT2D eigenvalue weighted by Crippen LogP contribution is 2.41. The highest BCUT2D eigenvalue weighted by atomic mass is 32.2. The molecular formula is C23H29N3O4S. The molecule has 1 N–H and O–H groups in total. The predicted octanol–water partition coefficient (Wildman–Crippen LogP) is 3.22. The predicted molar refractivity (Wildman–Crippen MR) is 121 cm³/mol. The molecule has 2 aliphatic heterocycles. The van der Waals surface area contributed by atoms with Crippen LogP contribution in [-0.2, 0) is 20.2 Å². The molecule has 0 spiro atoms. The molecule has 1 fully saturated rings. The zero-order valence-corrected chi connectivity index (χ0v) is 19.0. The summed E-state index contributed by atoms with van der Waals surface area (Å²) in [6.07, 6.45) is 2.13. The van der Waals surface area contributed by atoms with Crippen molar-refractivity contribution < 1.29 is 17.9 Å². The van der Waals surface area contributed by atoms with Crippen LogP contribution >= 0.6 is 0 Å². The van der Waals surface area contributed by atoms with Crippen LogP contribution in [0.3, 0.4) is 0 Å². The lowest BCUT2D eigenvalue weighted by molar-refractivity contribution is -0.128. The first-order valence-corrected chi connectivity index (χ1v) is 12.0. The van der Waals surface area contributed by atoms with Crippen molar-refractivity contribution in [1.82, 2.24) is 4.90 Å². The largest absolute Gasteiger partial charge is 0.497 e. The van der Waals surface area contributed by atoms with E-state index in [9.17, 15) is 13.2 Å². The second-order valence-corrected chi connectivity index (χ2v) is 10.5. The summed E-state index contributed by atoms with van der Waals surface area (Å²) >= 11 is 0. The Balaban J connectivity index is 1.57. The number of ether oxygens (including phenoxy) is 1. The Labute approximate surface area is 184 Å². The van der Waals surface area contributed by atoms with Gasteiger partial charge in [-0.15, -0.1) is 0 Å². The Hall–Kier alpha value is -2.74. The number of rotatable bonds is 6. The second-order valence-electron chi connectivity index (χ2n) is 8.84. The van der Waals surface area contributed by atoms with Gasteiger partial charge in [-0.05, 0) is 60.9 Å². The van der Waals surface area contributed by atoms with Gasteiger partial charge in [0.1, 0.15) is 5.75 Å². The van der Waals surface area contributed by atoms with Crippen molar-refractivity contribution in [2.75, 3.05) is 42.9 Å². The van der Waals surface area contributed by atoms with E-state index in [0.717, 1.165) is 37.2 Å². The molecule has 0 saturated carbocycles. The van der Waals surface area contributed by atoms with Crippen LogP contribution < -0.4 is 14.4 Å². The van der Waals surface area contributed by atoms with Crippen LogP contribution in [0.2, 0.25) is 0 Å². The van der Waals surface area contributed by atoms with Crippen LogP contribution in [-0.4, -0.2) is 52.5 Å². The fourth-order valence-corrected chi connectivity index (χ4v) is 5.48. The van der Waals surface area contributed by atoms with E-state index in [2.05, 4.69) is 23.5 Å². The number of nitrogens with zero attached hydrogens (tertiary/aromatic N) is 2. The molecular weight excluding hydrogens is 414 g/mol. The Morgan fingerprint density at radius 1 is 1.10 bits per heavy atom. The molecule has 0 aromatic heterocycles. The first kappa shape index (κ1) is 21.5. The van der Waals surface area contributed by atoms with Gasteiger partial charge in [-0.1, -0.05) is 13.8 Å². The molecule has 2 aromatic rings. The SMILES string of the molecule is COc1ccc(NS(=O)(=O)c2ccc3c(c2)C(C)(C)CN3CC(=O)N2CCCC2)cc1. The lowest BCUT2D eigenvalue weighted by atomic mass is 9.87. The minimum absolute atomic E-state index is 0.138. The number of hydrogen-bond donors (Lipinski definition) is 1. The summed E-state index contributed by atoms with van der Waals surface area (Å²) in [6, 6.07) is 11.9. The fraction of sp³-hybridized carbons (Fsp3) is 0.435. The highest BCUT2D eigenvalue weighted by Gasteiger charge is 2.37. The third-order valence-corrected chi connectivity index (χ3v) is 7.44. The summed E-state index contributed by atoms with van der Waals surface area (Å²) in [5.41, 5.74) is 2.09. The van der Waals surface area contributed by atoms with Gasteiger partial charge in [-0.2, -0.15) is 0 Å². The summed E-state index contributed by atoms with van der Waals surface area (Å²) < 4.78 is 33.7. The van der Waals surface area contributed by atoms with Crippen molar-refractivity contribution in [3.05, 3.63) is 48.0 Å². The van der Waals surface area contributed by atoms with Crippen molar-refractivity contribution in [3.8, 4) is 5.75 Å². The van der Waals surface area contributed by atoms with Crippen LogP contribution in [0, 0.1) is 0 Å². The number of fused-ring (bicyclic) bond motifs is 1. The third kappa shape index (κ3) is 4.35. The summed E-state index contributed by atoms with van der Waals surface area (Å²) in [5.74, 6) is 0.796. The maximum Gasteiger partial charge on any atom is 0.261 e. The Morgan fingerprint density at radius 2 is 1.77 bits per heavy atom. The number of methoxy groups -OCH3 is 1. The number of benzene rings is 2. The molecule has 8 heteroatoms. The number of nitrogens with one attached hydrogen (secondary N) is 1. The molecule has 1 amide bonds. The van der Waals surface area contributed by atoms with Gasteiger partial charge >= 0.3 is 0 Å². The quantitative estimate of drug-likeness (QED) is 0.742. The van der Waals surface area contributed by atoms with E-state index in [1.54, 1.807) is 43.5 Å². The van der Waals surface area contributed by atoms with E-state index in [-0.39, 0.29) is 16.2 Å². The van der Waals surface area contributed by atoms with Gasteiger partial charge in [0, 0.05) is 36.4 Å². The van der Waals surface area contributed by atoms with Gasteiger partial charge < -0.3 is 14.5 Å². The topological polar surface area (TPSA) is 79.0 Å². The maximum absolute atomic E-state index is 13.0. The first-order valence-electron chi connectivity index (χ1n) is 10.5. The van der Waals surface area contributed by atoms with E-state index in [0.29, 0.717) is 24.5 Å². The summed E-state index contributed by atoms with van der Waals surface area (Å²) in [6.45, 7) is 6.83. The summed E-state index contributed by atoms with van der Waals surface area (Å²) in [4.78, 5) is 16.9. The number of amides is 1. The Bertz CT molecular complexity index is 1070. The summed E-state index contributed by atoms with van der Waals surface area (Å²) in [7, 11) is -2.18. The molecule has 0 unspecified atom stereocenters. The van der Waals surface area contributed by atoms with Crippen molar-refractivity contribution in [2.45, 2.75) is 37.0 Å². The van der Waals surface area contributed by atoms with E-state index < -0.39 is 10.0 Å². The number of sulfonamides is 1. The van der Waals surface area contributed by atoms with Gasteiger partial charge in [0.25, 0.3) is 10.0 Å².